The van der Waals surface area contributed by atoms with Crippen molar-refractivity contribution in [3.05, 3.63) is 81.9 Å². The number of aromatic nitrogens is 3. The number of benzene rings is 2. The lowest BCUT2D eigenvalue weighted by Crippen LogP contribution is -2.38. The van der Waals surface area contributed by atoms with Gasteiger partial charge >= 0.3 is 11.9 Å². The summed E-state index contributed by atoms with van der Waals surface area (Å²) >= 11 is 0. The Morgan fingerprint density at radius 1 is 0.975 bits per heavy atom. The SMILES string of the molecule is O=c1nc(OCc2cc(F)c(Oc3ccc4ccc(C(F)(F)F)nc4c3)c(F)c2)cc2n1CC13CCC(CC1)N23. The van der Waals surface area contributed by atoms with Crippen LogP contribution in [0.5, 0.6) is 17.4 Å². The van der Waals surface area contributed by atoms with Crippen molar-refractivity contribution in [1.29, 1.82) is 0 Å². The van der Waals surface area contributed by atoms with E-state index >= 15 is 0 Å². The molecule has 7 nitrogen and oxygen atoms in total. The molecule has 5 heterocycles. The number of ether oxygens (including phenoxy) is 2. The Balaban J connectivity index is 1.09. The highest BCUT2D eigenvalue weighted by atomic mass is 19.4. The van der Waals surface area contributed by atoms with E-state index in [1.807, 2.05) is 0 Å². The zero-order valence-electron chi connectivity index (χ0n) is 20.8. The first kappa shape index (κ1) is 24.8. The number of pyridine rings is 1. The van der Waals surface area contributed by atoms with Gasteiger partial charge < -0.3 is 14.4 Å². The molecule has 0 unspecified atom stereocenters. The molecule has 2 bridgehead atoms. The predicted molar refractivity (Wildman–Crippen MR) is 133 cm³/mol. The number of halogens is 5. The quantitative estimate of drug-likeness (QED) is 0.282. The van der Waals surface area contributed by atoms with Crippen molar-refractivity contribution in [2.24, 2.45) is 0 Å². The van der Waals surface area contributed by atoms with Crippen LogP contribution in [0.15, 0.2) is 53.3 Å². The first-order chi connectivity index (χ1) is 19.1. The van der Waals surface area contributed by atoms with Gasteiger partial charge in [-0.2, -0.15) is 18.2 Å². The third-order valence-electron chi connectivity index (χ3n) is 8.05. The molecule has 7 rings (SSSR count). The van der Waals surface area contributed by atoms with Crippen molar-refractivity contribution in [2.75, 3.05) is 4.90 Å². The predicted octanol–water partition coefficient (Wildman–Crippen LogP) is 5.97. The van der Waals surface area contributed by atoms with Crippen LogP contribution in [0.2, 0.25) is 0 Å². The minimum Gasteiger partial charge on any atom is -0.473 e. The minimum absolute atomic E-state index is 0.0268. The fraction of sp³-hybridized carbons (Fsp3) is 0.321. The van der Waals surface area contributed by atoms with Crippen molar-refractivity contribution in [1.82, 2.24) is 14.5 Å². The van der Waals surface area contributed by atoms with Gasteiger partial charge in [0.2, 0.25) is 5.88 Å². The number of hydrogen-bond acceptors (Lipinski definition) is 6. The number of alkyl halides is 3. The molecule has 40 heavy (non-hydrogen) atoms. The van der Waals surface area contributed by atoms with Gasteiger partial charge in [0.05, 0.1) is 17.6 Å². The van der Waals surface area contributed by atoms with E-state index in [9.17, 15) is 26.7 Å². The topological polar surface area (TPSA) is 69.5 Å². The lowest BCUT2D eigenvalue weighted by molar-refractivity contribution is -0.140. The van der Waals surface area contributed by atoms with Crippen LogP contribution in [0.4, 0.5) is 27.8 Å². The summed E-state index contributed by atoms with van der Waals surface area (Å²) in [6.07, 6.45) is -0.396. The molecule has 0 aliphatic carbocycles. The van der Waals surface area contributed by atoms with Crippen LogP contribution in [0, 0.1) is 11.6 Å². The third kappa shape index (κ3) is 3.96. The molecular weight excluding hydrogens is 535 g/mol. The van der Waals surface area contributed by atoms with E-state index in [-0.39, 0.29) is 34.9 Å². The van der Waals surface area contributed by atoms with E-state index in [0.29, 0.717) is 18.0 Å². The molecule has 0 spiro atoms. The summed E-state index contributed by atoms with van der Waals surface area (Å²) in [5, 5.41) is 0.404. The highest BCUT2D eigenvalue weighted by molar-refractivity contribution is 5.80. The van der Waals surface area contributed by atoms with Gasteiger partial charge in [-0.1, -0.05) is 6.07 Å². The number of rotatable bonds is 5. The van der Waals surface area contributed by atoms with Crippen LogP contribution in [-0.2, 0) is 19.3 Å². The fourth-order valence-corrected chi connectivity index (χ4v) is 6.27. The highest BCUT2D eigenvalue weighted by Crippen LogP contribution is 2.53. The summed E-state index contributed by atoms with van der Waals surface area (Å²) in [5.41, 5.74) is -1.44. The summed E-state index contributed by atoms with van der Waals surface area (Å²) in [6.45, 7) is 0.359. The molecule has 0 atom stereocenters. The summed E-state index contributed by atoms with van der Waals surface area (Å²) in [7, 11) is 0. The molecule has 0 saturated carbocycles. The van der Waals surface area contributed by atoms with E-state index in [4.69, 9.17) is 9.47 Å². The van der Waals surface area contributed by atoms with E-state index in [0.717, 1.165) is 49.7 Å². The van der Waals surface area contributed by atoms with Crippen LogP contribution in [-0.4, -0.2) is 26.1 Å². The number of fused-ring (bicyclic) bond motifs is 2. The van der Waals surface area contributed by atoms with Crippen LogP contribution >= 0.6 is 0 Å². The molecule has 206 valence electrons. The largest absolute Gasteiger partial charge is 0.473 e. The fourth-order valence-electron chi connectivity index (χ4n) is 6.27. The summed E-state index contributed by atoms with van der Waals surface area (Å²) in [6, 6.07) is 10.2. The molecule has 3 aliphatic heterocycles. The average molecular weight is 556 g/mol. The second-order valence-corrected chi connectivity index (χ2v) is 10.5. The maximum Gasteiger partial charge on any atom is 0.433 e. The normalized spacial score (nSPS) is 21.1. The standard InChI is InChI=1S/C28H21F5N4O3/c29-19-9-15(13-39-23-12-24-36(26(38)35-23)14-27-7-5-17(6-8-27)37(24)27)10-20(30)25(19)40-18-3-1-16-2-4-22(28(31,32)33)34-21(16)11-18/h1-4,9-12,17H,5-8,13-14H2. The Morgan fingerprint density at radius 2 is 1.70 bits per heavy atom. The Kier molecular flexibility index (Phi) is 5.35. The van der Waals surface area contributed by atoms with Gasteiger partial charge in [-0.25, -0.2) is 18.6 Å². The van der Waals surface area contributed by atoms with Gasteiger partial charge in [-0.05, 0) is 61.6 Å². The van der Waals surface area contributed by atoms with Crippen molar-refractivity contribution < 1.29 is 31.4 Å². The molecule has 0 radical (unpaired) electrons. The van der Waals surface area contributed by atoms with Gasteiger partial charge in [0.15, 0.2) is 17.4 Å². The molecule has 2 aromatic carbocycles. The van der Waals surface area contributed by atoms with E-state index in [1.165, 1.54) is 24.3 Å². The Morgan fingerprint density at radius 3 is 2.42 bits per heavy atom. The van der Waals surface area contributed by atoms with Crippen LogP contribution in [0.3, 0.4) is 0 Å². The van der Waals surface area contributed by atoms with Gasteiger partial charge in [0.25, 0.3) is 0 Å². The van der Waals surface area contributed by atoms with Gasteiger partial charge in [-0.15, -0.1) is 0 Å². The summed E-state index contributed by atoms with van der Waals surface area (Å²) in [4.78, 5) is 22.6. The number of anilines is 1. The van der Waals surface area contributed by atoms with Gasteiger partial charge in [0, 0.05) is 23.6 Å². The minimum atomic E-state index is -4.64. The van der Waals surface area contributed by atoms with Crippen molar-refractivity contribution >= 4 is 16.7 Å². The first-order valence-corrected chi connectivity index (χ1v) is 12.8. The maximum atomic E-state index is 14.9. The van der Waals surface area contributed by atoms with Crippen LogP contribution < -0.4 is 20.1 Å². The molecule has 4 aromatic rings. The Hall–Kier alpha value is -4.22. The number of hydrogen-bond donors (Lipinski definition) is 0. The summed E-state index contributed by atoms with van der Waals surface area (Å²) in [5.74, 6) is -2.04. The van der Waals surface area contributed by atoms with Crippen LogP contribution in [0.25, 0.3) is 10.9 Å². The highest BCUT2D eigenvalue weighted by Gasteiger charge is 2.56. The smallest absolute Gasteiger partial charge is 0.433 e. The molecule has 2 aromatic heterocycles. The van der Waals surface area contributed by atoms with E-state index in [1.54, 1.807) is 10.6 Å². The van der Waals surface area contributed by atoms with E-state index in [2.05, 4.69) is 14.9 Å². The second-order valence-electron chi connectivity index (χ2n) is 10.5. The zero-order chi connectivity index (χ0) is 27.8. The first-order valence-electron chi connectivity index (χ1n) is 12.8. The molecule has 12 heteroatoms. The zero-order valence-corrected chi connectivity index (χ0v) is 20.8. The number of nitrogens with zero attached hydrogens (tertiary/aromatic N) is 4. The van der Waals surface area contributed by atoms with Gasteiger partial charge in [0.1, 0.15) is 23.9 Å². The van der Waals surface area contributed by atoms with E-state index < -0.39 is 34.9 Å². The lowest BCUT2D eigenvalue weighted by Gasteiger charge is -2.27. The average Bonchev–Trinajstić information content (AvgIpc) is 3.55. The Labute approximate surface area is 223 Å². The summed E-state index contributed by atoms with van der Waals surface area (Å²) < 4.78 is 81.5. The molecule has 0 N–H and O–H groups in total. The molecule has 2 saturated heterocycles. The maximum absolute atomic E-state index is 14.9. The monoisotopic (exact) mass is 556 g/mol. The van der Waals surface area contributed by atoms with Crippen molar-refractivity contribution in [2.45, 2.75) is 56.6 Å². The van der Waals surface area contributed by atoms with Crippen molar-refractivity contribution in [3.8, 4) is 17.4 Å². The molecular formula is C28H21F5N4O3. The van der Waals surface area contributed by atoms with Crippen molar-refractivity contribution in [3.63, 3.8) is 0 Å². The third-order valence-corrected chi connectivity index (χ3v) is 8.05. The molecule has 2 fully saturated rings. The van der Waals surface area contributed by atoms with Gasteiger partial charge in [-0.3, -0.25) is 4.57 Å². The molecule has 0 amide bonds. The molecule has 3 aliphatic rings. The van der Waals surface area contributed by atoms with Crippen LogP contribution in [0.1, 0.15) is 36.9 Å². The second kappa shape index (κ2) is 8.64. The lowest BCUT2D eigenvalue weighted by atomic mass is 9.88. The Bertz CT molecular complexity index is 1710.